The molecule has 7 nitrogen and oxygen atoms in total. The number of carbonyl (C=O) groups is 3. The molecule has 4 amide bonds. The lowest BCUT2D eigenvalue weighted by molar-refractivity contribution is -0.134. The maximum Gasteiger partial charge on any atom is 0.325 e. The number of urea groups is 1. The SMILES string of the molecule is COc1ccc(C(C)(C)C)cc1NC(=O)CN1C(=O)N[C@](C)(C2CC2)C1=O. The molecule has 0 spiro atoms. The van der Waals surface area contributed by atoms with Gasteiger partial charge in [0, 0.05) is 0 Å². The summed E-state index contributed by atoms with van der Waals surface area (Å²) in [5.74, 6) is -0.0922. The minimum absolute atomic E-state index is 0.0946. The lowest BCUT2D eigenvalue weighted by atomic mass is 9.87. The molecule has 1 heterocycles. The molecular formula is C20H27N3O4. The van der Waals surface area contributed by atoms with E-state index < -0.39 is 17.5 Å². The van der Waals surface area contributed by atoms with E-state index >= 15 is 0 Å². The van der Waals surface area contributed by atoms with Gasteiger partial charge in [-0.3, -0.25) is 14.5 Å². The highest BCUT2D eigenvalue weighted by atomic mass is 16.5. The van der Waals surface area contributed by atoms with Crippen molar-refractivity contribution in [3.05, 3.63) is 23.8 Å². The van der Waals surface area contributed by atoms with Crippen LogP contribution in [-0.4, -0.2) is 41.9 Å². The van der Waals surface area contributed by atoms with E-state index in [2.05, 4.69) is 31.4 Å². The number of nitrogens with zero attached hydrogens (tertiary/aromatic N) is 1. The Bertz CT molecular complexity index is 795. The highest BCUT2D eigenvalue weighted by molar-refractivity contribution is 6.10. The quantitative estimate of drug-likeness (QED) is 0.777. The van der Waals surface area contributed by atoms with Gasteiger partial charge in [-0.1, -0.05) is 26.8 Å². The summed E-state index contributed by atoms with van der Waals surface area (Å²) in [6.45, 7) is 7.64. The van der Waals surface area contributed by atoms with Gasteiger partial charge in [-0.15, -0.1) is 0 Å². The van der Waals surface area contributed by atoms with Crippen molar-refractivity contribution >= 4 is 23.5 Å². The smallest absolute Gasteiger partial charge is 0.325 e. The van der Waals surface area contributed by atoms with Crippen LogP contribution in [0.25, 0.3) is 0 Å². The van der Waals surface area contributed by atoms with E-state index in [0.717, 1.165) is 23.3 Å². The molecular weight excluding hydrogens is 346 g/mol. The van der Waals surface area contributed by atoms with E-state index in [9.17, 15) is 14.4 Å². The van der Waals surface area contributed by atoms with E-state index in [-0.39, 0.29) is 23.8 Å². The summed E-state index contributed by atoms with van der Waals surface area (Å²) in [7, 11) is 1.53. The van der Waals surface area contributed by atoms with Gasteiger partial charge in [0.2, 0.25) is 5.91 Å². The highest BCUT2D eigenvalue weighted by Crippen LogP contribution is 2.42. The van der Waals surface area contributed by atoms with E-state index in [0.29, 0.717) is 11.4 Å². The van der Waals surface area contributed by atoms with Gasteiger partial charge in [0.05, 0.1) is 12.8 Å². The first kappa shape index (κ1) is 19.2. The van der Waals surface area contributed by atoms with Crippen LogP contribution >= 0.6 is 0 Å². The van der Waals surface area contributed by atoms with Crippen LogP contribution in [0.5, 0.6) is 5.75 Å². The van der Waals surface area contributed by atoms with E-state index in [1.54, 1.807) is 13.0 Å². The molecule has 7 heteroatoms. The number of benzene rings is 1. The minimum Gasteiger partial charge on any atom is -0.495 e. The fourth-order valence-corrected chi connectivity index (χ4v) is 3.40. The molecule has 2 N–H and O–H groups in total. The summed E-state index contributed by atoms with van der Waals surface area (Å²) in [5.41, 5.74) is 0.575. The maximum atomic E-state index is 12.7. The number of hydrogen-bond acceptors (Lipinski definition) is 4. The average molecular weight is 373 g/mol. The van der Waals surface area contributed by atoms with Gasteiger partial charge in [0.25, 0.3) is 5.91 Å². The summed E-state index contributed by atoms with van der Waals surface area (Å²) in [6.07, 6.45) is 1.83. The largest absolute Gasteiger partial charge is 0.495 e. The van der Waals surface area contributed by atoms with Crippen molar-refractivity contribution < 1.29 is 19.1 Å². The average Bonchev–Trinajstić information content (AvgIpc) is 3.40. The minimum atomic E-state index is -0.888. The molecule has 1 aromatic rings. The van der Waals surface area contributed by atoms with Gasteiger partial charge in [-0.25, -0.2) is 4.79 Å². The van der Waals surface area contributed by atoms with Crippen LogP contribution in [0, 0.1) is 5.92 Å². The number of methoxy groups -OCH3 is 1. The number of amides is 4. The van der Waals surface area contributed by atoms with Crippen LogP contribution in [0.15, 0.2) is 18.2 Å². The standard InChI is InChI=1S/C20H27N3O4/c1-19(2,3)13-8-9-15(27-5)14(10-13)21-16(24)11-23-17(25)20(4,12-6-7-12)22-18(23)26/h8-10,12H,6-7,11H2,1-5H3,(H,21,24)(H,22,26)/t20-/m1/s1. The normalized spacial score (nSPS) is 22.6. The first-order valence-electron chi connectivity index (χ1n) is 9.18. The molecule has 0 radical (unpaired) electrons. The lowest BCUT2D eigenvalue weighted by Crippen LogP contribution is -2.46. The number of hydrogen-bond donors (Lipinski definition) is 2. The zero-order valence-electron chi connectivity index (χ0n) is 16.5. The first-order valence-corrected chi connectivity index (χ1v) is 9.18. The number of ether oxygens (including phenoxy) is 1. The highest BCUT2D eigenvalue weighted by Gasteiger charge is 2.56. The third-order valence-electron chi connectivity index (χ3n) is 5.34. The summed E-state index contributed by atoms with van der Waals surface area (Å²) >= 11 is 0. The molecule has 146 valence electrons. The van der Waals surface area contributed by atoms with Gasteiger partial charge in [-0.2, -0.15) is 0 Å². The molecule has 0 aromatic heterocycles. The van der Waals surface area contributed by atoms with Crippen molar-refractivity contribution in [3.8, 4) is 5.75 Å². The zero-order chi connectivity index (χ0) is 20.0. The molecule has 1 aliphatic carbocycles. The Morgan fingerprint density at radius 3 is 2.56 bits per heavy atom. The molecule has 1 aromatic carbocycles. The van der Waals surface area contributed by atoms with Gasteiger partial charge in [0.15, 0.2) is 0 Å². The van der Waals surface area contributed by atoms with Crippen molar-refractivity contribution in [2.75, 3.05) is 19.0 Å². The molecule has 2 fully saturated rings. The molecule has 3 rings (SSSR count). The number of nitrogens with one attached hydrogen (secondary N) is 2. The molecule has 0 bridgehead atoms. The van der Waals surface area contributed by atoms with E-state index in [1.165, 1.54) is 7.11 Å². The fraction of sp³-hybridized carbons (Fsp3) is 0.550. The Kier molecular flexibility index (Phi) is 4.66. The first-order chi connectivity index (χ1) is 12.6. The second-order valence-electron chi connectivity index (χ2n) is 8.51. The topological polar surface area (TPSA) is 87.7 Å². The second kappa shape index (κ2) is 6.55. The van der Waals surface area contributed by atoms with Gasteiger partial charge < -0.3 is 15.4 Å². The Hall–Kier alpha value is -2.57. The van der Waals surface area contributed by atoms with Crippen LogP contribution in [0.3, 0.4) is 0 Å². The molecule has 1 aliphatic heterocycles. The Balaban J connectivity index is 1.74. The third kappa shape index (κ3) is 3.63. The Labute approximate surface area is 159 Å². The molecule has 27 heavy (non-hydrogen) atoms. The number of imide groups is 1. The third-order valence-corrected chi connectivity index (χ3v) is 5.34. The molecule has 1 atom stereocenters. The fourth-order valence-electron chi connectivity index (χ4n) is 3.40. The van der Waals surface area contributed by atoms with Crippen molar-refractivity contribution in [2.24, 2.45) is 5.92 Å². The van der Waals surface area contributed by atoms with Crippen LogP contribution in [0.2, 0.25) is 0 Å². The summed E-state index contributed by atoms with van der Waals surface area (Å²) < 4.78 is 5.32. The maximum absolute atomic E-state index is 12.7. The number of carbonyl (C=O) groups excluding carboxylic acids is 3. The van der Waals surface area contributed by atoms with Crippen LogP contribution in [0.4, 0.5) is 10.5 Å². The molecule has 1 saturated carbocycles. The summed E-state index contributed by atoms with van der Waals surface area (Å²) in [6, 6.07) is 5.10. The predicted molar refractivity (Wildman–Crippen MR) is 102 cm³/mol. The lowest BCUT2D eigenvalue weighted by Gasteiger charge is -2.22. The Morgan fingerprint density at radius 2 is 2.00 bits per heavy atom. The Morgan fingerprint density at radius 1 is 1.33 bits per heavy atom. The van der Waals surface area contributed by atoms with Gasteiger partial charge >= 0.3 is 6.03 Å². The van der Waals surface area contributed by atoms with Crippen LogP contribution in [0.1, 0.15) is 46.1 Å². The summed E-state index contributed by atoms with van der Waals surface area (Å²) in [4.78, 5) is 38.4. The van der Waals surface area contributed by atoms with Crippen LogP contribution < -0.4 is 15.4 Å². The zero-order valence-corrected chi connectivity index (χ0v) is 16.5. The van der Waals surface area contributed by atoms with Gasteiger partial charge in [-0.05, 0) is 48.8 Å². The second-order valence-corrected chi connectivity index (χ2v) is 8.51. The predicted octanol–water partition coefficient (Wildman–Crippen LogP) is 2.65. The van der Waals surface area contributed by atoms with Crippen molar-refractivity contribution in [2.45, 2.75) is 51.5 Å². The van der Waals surface area contributed by atoms with E-state index in [1.807, 2.05) is 12.1 Å². The molecule has 1 saturated heterocycles. The number of rotatable bonds is 5. The molecule has 0 unspecified atom stereocenters. The monoisotopic (exact) mass is 373 g/mol. The summed E-state index contributed by atoms with van der Waals surface area (Å²) in [5, 5.41) is 5.52. The van der Waals surface area contributed by atoms with Crippen LogP contribution in [-0.2, 0) is 15.0 Å². The number of anilines is 1. The van der Waals surface area contributed by atoms with Crippen molar-refractivity contribution in [1.82, 2.24) is 10.2 Å². The molecule has 2 aliphatic rings. The van der Waals surface area contributed by atoms with E-state index in [4.69, 9.17) is 4.74 Å². The van der Waals surface area contributed by atoms with Crippen molar-refractivity contribution in [3.63, 3.8) is 0 Å². The van der Waals surface area contributed by atoms with Crippen molar-refractivity contribution in [1.29, 1.82) is 0 Å². The van der Waals surface area contributed by atoms with Gasteiger partial charge in [0.1, 0.15) is 17.8 Å².